The summed E-state index contributed by atoms with van der Waals surface area (Å²) in [5.41, 5.74) is 3.33. The van der Waals surface area contributed by atoms with E-state index < -0.39 is 0 Å². The standard InChI is InChI=1S/C22H22ClFN6O/c1-29-11-13-6-17(21(31)9-19(13)28-29)20-8-18(23)16-7-15(10-26-22(16)27-20)30-5-2-14(12-30)25-4-3-24/h6-11,14,25,31H,2-5,12H2,1H3/t14-/m0/s1. The van der Waals surface area contributed by atoms with Crippen molar-refractivity contribution < 1.29 is 9.50 Å². The van der Waals surface area contributed by atoms with E-state index >= 15 is 0 Å². The number of phenolic OH excluding ortho intramolecular Hbond substituents is 1. The van der Waals surface area contributed by atoms with Gasteiger partial charge >= 0.3 is 0 Å². The molecule has 7 nitrogen and oxygen atoms in total. The Bertz CT molecular complexity index is 1280. The van der Waals surface area contributed by atoms with Crippen LogP contribution in [0.3, 0.4) is 0 Å². The molecule has 3 aromatic heterocycles. The van der Waals surface area contributed by atoms with E-state index in [1.54, 1.807) is 23.0 Å². The second-order valence-electron chi connectivity index (χ2n) is 7.86. The van der Waals surface area contributed by atoms with Gasteiger partial charge in [-0.3, -0.25) is 4.68 Å². The van der Waals surface area contributed by atoms with Crippen molar-refractivity contribution in [3.05, 3.63) is 41.7 Å². The highest BCUT2D eigenvalue weighted by atomic mass is 35.5. The molecule has 1 aromatic carbocycles. The van der Waals surface area contributed by atoms with Gasteiger partial charge in [0.25, 0.3) is 0 Å². The van der Waals surface area contributed by atoms with E-state index in [1.165, 1.54) is 0 Å². The van der Waals surface area contributed by atoms with E-state index in [4.69, 9.17) is 11.6 Å². The Labute approximate surface area is 183 Å². The molecular formula is C22H22ClFN6O. The zero-order valence-electron chi connectivity index (χ0n) is 17.0. The SMILES string of the molecule is Cn1cc2cc(-c3cc(Cl)c4cc(N5CC[C@H](NCCF)C5)cnc4n3)c(O)cc2n1. The maximum absolute atomic E-state index is 12.4. The molecule has 1 saturated heterocycles. The molecule has 0 amide bonds. The molecule has 4 heterocycles. The molecule has 31 heavy (non-hydrogen) atoms. The molecule has 1 aliphatic rings. The number of rotatable bonds is 5. The summed E-state index contributed by atoms with van der Waals surface area (Å²) in [5, 5.41) is 20.2. The summed E-state index contributed by atoms with van der Waals surface area (Å²) < 4.78 is 14.1. The number of halogens is 2. The van der Waals surface area contributed by atoms with E-state index in [9.17, 15) is 9.50 Å². The topological polar surface area (TPSA) is 79.1 Å². The van der Waals surface area contributed by atoms with E-state index in [0.29, 0.717) is 34.0 Å². The number of benzene rings is 1. The second kappa shape index (κ2) is 7.94. The number of aromatic hydroxyl groups is 1. The summed E-state index contributed by atoms with van der Waals surface area (Å²) in [6.07, 6.45) is 4.63. The summed E-state index contributed by atoms with van der Waals surface area (Å²) in [4.78, 5) is 11.4. The van der Waals surface area contributed by atoms with Gasteiger partial charge in [0.2, 0.25) is 0 Å². The molecule has 5 rings (SSSR count). The summed E-state index contributed by atoms with van der Waals surface area (Å²) in [6, 6.07) is 7.49. The Balaban J connectivity index is 1.48. The van der Waals surface area contributed by atoms with Crippen LogP contribution in [0.2, 0.25) is 5.02 Å². The molecule has 9 heteroatoms. The molecular weight excluding hydrogens is 419 g/mol. The zero-order chi connectivity index (χ0) is 21.5. The normalized spacial score (nSPS) is 16.6. The molecule has 0 spiro atoms. The molecule has 160 valence electrons. The molecule has 4 aromatic rings. The van der Waals surface area contributed by atoms with E-state index in [-0.39, 0.29) is 18.5 Å². The van der Waals surface area contributed by atoms with Crippen molar-refractivity contribution in [3.63, 3.8) is 0 Å². The average Bonchev–Trinajstić information content (AvgIpc) is 3.36. The van der Waals surface area contributed by atoms with Crippen LogP contribution in [-0.4, -0.2) is 57.2 Å². The van der Waals surface area contributed by atoms with Gasteiger partial charge in [0.15, 0.2) is 5.65 Å². The lowest BCUT2D eigenvalue weighted by atomic mass is 10.1. The molecule has 0 radical (unpaired) electrons. The van der Waals surface area contributed by atoms with E-state index in [2.05, 4.69) is 25.3 Å². The summed E-state index contributed by atoms with van der Waals surface area (Å²) in [5.74, 6) is 0.0922. The summed E-state index contributed by atoms with van der Waals surface area (Å²) in [7, 11) is 1.84. The van der Waals surface area contributed by atoms with E-state index in [0.717, 1.165) is 36.0 Å². The Morgan fingerprint density at radius 1 is 1.29 bits per heavy atom. The van der Waals surface area contributed by atoms with Gasteiger partial charge in [-0.2, -0.15) is 5.10 Å². The van der Waals surface area contributed by atoms with Gasteiger partial charge in [-0.05, 0) is 24.6 Å². The van der Waals surface area contributed by atoms with Gasteiger partial charge in [-0.1, -0.05) is 11.6 Å². The average molecular weight is 441 g/mol. The first-order chi connectivity index (χ1) is 15.0. The van der Waals surface area contributed by atoms with Crippen molar-refractivity contribution >= 4 is 39.2 Å². The number of hydrogen-bond donors (Lipinski definition) is 2. The zero-order valence-corrected chi connectivity index (χ0v) is 17.8. The fraction of sp³-hybridized carbons (Fsp3) is 0.318. The fourth-order valence-electron chi connectivity index (χ4n) is 4.18. The molecule has 1 aliphatic heterocycles. The van der Waals surface area contributed by atoms with Crippen molar-refractivity contribution in [3.8, 4) is 17.0 Å². The van der Waals surface area contributed by atoms with Crippen molar-refractivity contribution in [2.45, 2.75) is 12.5 Å². The fourth-order valence-corrected chi connectivity index (χ4v) is 4.42. The third kappa shape index (κ3) is 3.77. The highest BCUT2D eigenvalue weighted by Crippen LogP contribution is 2.36. The van der Waals surface area contributed by atoms with Gasteiger partial charge in [-0.15, -0.1) is 0 Å². The first-order valence-electron chi connectivity index (χ1n) is 10.2. The predicted molar refractivity (Wildman–Crippen MR) is 121 cm³/mol. The number of alkyl halides is 1. The van der Waals surface area contributed by atoms with Crippen molar-refractivity contribution in [2.24, 2.45) is 7.05 Å². The number of pyridine rings is 2. The Morgan fingerprint density at radius 3 is 3.00 bits per heavy atom. The van der Waals surface area contributed by atoms with Crippen molar-refractivity contribution in [1.29, 1.82) is 0 Å². The van der Waals surface area contributed by atoms with Crippen LogP contribution in [0.1, 0.15) is 6.42 Å². The monoisotopic (exact) mass is 440 g/mol. The predicted octanol–water partition coefficient (Wildman–Crippen LogP) is 3.68. The Morgan fingerprint density at radius 2 is 2.16 bits per heavy atom. The lowest BCUT2D eigenvalue weighted by molar-refractivity contribution is 0.440. The minimum absolute atomic E-state index is 0.0922. The lowest BCUT2D eigenvalue weighted by Crippen LogP contribution is -2.33. The first-order valence-corrected chi connectivity index (χ1v) is 10.6. The number of aromatic nitrogens is 4. The lowest BCUT2D eigenvalue weighted by Gasteiger charge is -2.19. The van der Waals surface area contributed by atoms with Crippen molar-refractivity contribution in [1.82, 2.24) is 25.1 Å². The maximum atomic E-state index is 12.4. The smallest absolute Gasteiger partial charge is 0.161 e. The second-order valence-corrected chi connectivity index (χ2v) is 8.27. The first kappa shape index (κ1) is 20.0. The van der Waals surface area contributed by atoms with Crippen LogP contribution < -0.4 is 10.2 Å². The number of hydrogen-bond acceptors (Lipinski definition) is 6. The largest absolute Gasteiger partial charge is 0.507 e. The molecule has 0 unspecified atom stereocenters. The van der Waals surface area contributed by atoms with Gasteiger partial charge in [-0.25, -0.2) is 14.4 Å². The van der Waals surface area contributed by atoms with Crippen LogP contribution in [0, 0.1) is 0 Å². The van der Waals surface area contributed by atoms with Crippen LogP contribution in [-0.2, 0) is 7.05 Å². The number of nitrogens with zero attached hydrogens (tertiary/aromatic N) is 5. The number of fused-ring (bicyclic) bond motifs is 2. The highest BCUT2D eigenvalue weighted by Gasteiger charge is 2.23. The maximum Gasteiger partial charge on any atom is 0.161 e. The Kier molecular flexibility index (Phi) is 5.11. The molecule has 1 fully saturated rings. The number of phenols is 1. The third-order valence-electron chi connectivity index (χ3n) is 5.69. The van der Waals surface area contributed by atoms with Crippen LogP contribution >= 0.6 is 11.6 Å². The molecule has 0 saturated carbocycles. The quantitative estimate of drug-likeness (QED) is 0.493. The summed E-state index contributed by atoms with van der Waals surface area (Å²) >= 11 is 6.61. The van der Waals surface area contributed by atoms with E-state index in [1.807, 2.05) is 25.4 Å². The highest BCUT2D eigenvalue weighted by molar-refractivity contribution is 6.35. The molecule has 1 atom stereocenters. The molecule has 2 N–H and O–H groups in total. The van der Waals surface area contributed by atoms with Crippen LogP contribution in [0.25, 0.3) is 33.2 Å². The number of aryl methyl sites for hydroxylation is 1. The third-order valence-corrected chi connectivity index (χ3v) is 6.01. The van der Waals surface area contributed by atoms with Crippen molar-refractivity contribution in [2.75, 3.05) is 31.2 Å². The molecule has 0 aliphatic carbocycles. The van der Waals surface area contributed by atoms with Gasteiger partial charge in [0.1, 0.15) is 12.4 Å². The minimum atomic E-state index is -0.360. The van der Waals surface area contributed by atoms with Crippen LogP contribution in [0.5, 0.6) is 5.75 Å². The summed E-state index contributed by atoms with van der Waals surface area (Å²) in [6.45, 7) is 1.69. The Hall–Kier alpha value is -2.97. The number of nitrogens with one attached hydrogen (secondary N) is 1. The van der Waals surface area contributed by atoms with Gasteiger partial charge in [0, 0.05) is 61.3 Å². The van der Waals surface area contributed by atoms with Crippen LogP contribution in [0.4, 0.5) is 10.1 Å². The van der Waals surface area contributed by atoms with Gasteiger partial charge in [0.05, 0.1) is 28.1 Å². The molecule has 0 bridgehead atoms. The van der Waals surface area contributed by atoms with Gasteiger partial charge < -0.3 is 15.3 Å². The van der Waals surface area contributed by atoms with Crippen LogP contribution in [0.15, 0.2) is 36.7 Å². The minimum Gasteiger partial charge on any atom is -0.507 e. The number of anilines is 1.